The second-order valence-electron chi connectivity index (χ2n) is 5.37. The normalized spacial score (nSPS) is 17.6. The summed E-state index contributed by atoms with van der Waals surface area (Å²) in [4.78, 5) is 26.4. The molecule has 1 fully saturated rings. The number of carbonyl (C=O) groups excluding carboxylic acids is 2. The highest BCUT2D eigenvalue weighted by Crippen LogP contribution is 2.14. The number of rotatable bonds is 5. The van der Waals surface area contributed by atoms with Gasteiger partial charge in [-0.3, -0.25) is 9.59 Å². The first-order valence-electron chi connectivity index (χ1n) is 7.55. The molecule has 22 heavy (non-hydrogen) atoms. The summed E-state index contributed by atoms with van der Waals surface area (Å²) in [5.41, 5.74) is 6.58. The van der Waals surface area contributed by atoms with E-state index in [1.54, 1.807) is 11.8 Å². The Morgan fingerprint density at radius 2 is 1.91 bits per heavy atom. The minimum Gasteiger partial charge on any atom is -0.378 e. The van der Waals surface area contributed by atoms with Crippen molar-refractivity contribution in [3.8, 4) is 0 Å². The zero-order valence-electron chi connectivity index (χ0n) is 12.8. The van der Waals surface area contributed by atoms with Crippen LogP contribution in [-0.4, -0.2) is 55.6 Å². The lowest BCUT2D eigenvalue weighted by molar-refractivity contribution is -0.139. The fourth-order valence-electron chi connectivity index (χ4n) is 2.51. The standard InChI is InChI=1S/C16H23N3O3/c1-12(16(21)19-7-9-22-10-8-19)18-15(20)14(11-17)13-5-3-2-4-6-13/h2-6,12,14H,7-11,17H2,1H3,(H,18,20). The van der Waals surface area contributed by atoms with E-state index in [1.807, 2.05) is 30.3 Å². The van der Waals surface area contributed by atoms with Gasteiger partial charge >= 0.3 is 0 Å². The molecule has 6 heteroatoms. The highest BCUT2D eigenvalue weighted by atomic mass is 16.5. The van der Waals surface area contributed by atoms with E-state index in [9.17, 15) is 9.59 Å². The van der Waals surface area contributed by atoms with Gasteiger partial charge < -0.3 is 20.7 Å². The molecule has 2 amide bonds. The molecule has 1 aliphatic heterocycles. The summed E-state index contributed by atoms with van der Waals surface area (Å²) in [6, 6.07) is 8.79. The molecule has 1 aromatic carbocycles. The van der Waals surface area contributed by atoms with Crippen LogP contribution in [-0.2, 0) is 14.3 Å². The van der Waals surface area contributed by atoms with E-state index in [4.69, 9.17) is 10.5 Å². The second-order valence-corrected chi connectivity index (χ2v) is 5.37. The van der Waals surface area contributed by atoms with Crippen LogP contribution >= 0.6 is 0 Å². The van der Waals surface area contributed by atoms with Crippen molar-refractivity contribution in [2.24, 2.45) is 5.73 Å². The molecule has 1 saturated heterocycles. The third-order valence-electron chi connectivity index (χ3n) is 3.81. The van der Waals surface area contributed by atoms with Crippen LogP contribution in [0.25, 0.3) is 0 Å². The number of benzene rings is 1. The molecule has 1 aliphatic rings. The van der Waals surface area contributed by atoms with Crippen LogP contribution in [0.15, 0.2) is 30.3 Å². The van der Waals surface area contributed by atoms with Crippen LogP contribution < -0.4 is 11.1 Å². The van der Waals surface area contributed by atoms with Gasteiger partial charge in [0.1, 0.15) is 6.04 Å². The first kappa shape index (κ1) is 16.5. The Hall–Kier alpha value is -1.92. The predicted octanol–water partition coefficient (Wildman–Crippen LogP) is 0.0924. The monoisotopic (exact) mass is 305 g/mol. The Morgan fingerprint density at radius 1 is 1.27 bits per heavy atom. The van der Waals surface area contributed by atoms with Gasteiger partial charge in [0.2, 0.25) is 11.8 Å². The molecule has 1 heterocycles. The lowest BCUT2D eigenvalue weighted by Crippen LogP contribution is -2.51. The molecule has 0 radical (unpaired) electrons. The molecule has 0 aliphatic carbocycles. The molecule has 2 unspecified atom stereocenters. The summed E-state index contributed by atoms with van der Waals surface area (Å²) >= 11 is 0. The number of amides is 2. The fraction of sp³-hybridized carbons (Fsp3) is 0.500. The SMILES string of the molecule is CC(NC(=O)C(CN)c1ccccc1)C(=O)N1CCOCC1. The Balaban J connectivity index is 1.96. The van der Waals surface area contributed by atoms with Crippen LogP contribution in [0.3, 0.4) is 0 Å². The van der Waals surface area contributed by atoms with Crippen LogP contribution in [0, 0.1) is 0 Å². The minimum absolute atomic E-state index is 0.0829. The Kier molecular flexibility index (Phi) is 5.91. The molecular formula is C16H23N3O3. The van der Waals surface area contributed by atoms with Gasteiger partial charge in [0, 0.05) is 19.6 Å². The molecule has 2 atom stereocenters. The third kappa shape index (κ3) is 4.05. The molecule has 0 aromatic heterocycles. The largest absolute Gasteiger partial charge is 0.378 e. The van der Waals surface area contributed by atoms with E-state index >= 15 is 0 Å². The summed E-state index contributed by atoms with van der Waals surface area (Å²) in [6.45, 7) is 4.13. The van der Waals surface area contributed by atoms with E-state index < -0.39 is 12.0 Å². The van der Waals surface area contributed by atoms with E-state index in [0.717, 1.165) is 5.56 Å². The first-order chi connectivity index (χ1) is 10.6. The van der Waals surface area contributed by atoms with Gasteiger partial charge in [-0.25, -0.2) is 0 Å². The van der Waals surface area contributed by atoms with Crippen molar-refractivity contribution in [2.45, 2.75) is 18.9 Å². The van der Waals surface area contributed by atoms with Gasteiger partial charge in [-0.15, -0.1) is 0 Å². The zero-order chi connectivity index (χ0) is 15.9. The summed E-state index contributed by atoms with van der Waals surface area (Å²) in [5.74, 6) is -0.746. The number of ether oxygens (including phenoxy) is 1. The molecule has 6 nitrogen and oxygen atoms in total. The van der Waals surface area contributed by atoms with Crippen LogP contribution in [0.2, 0.25) is 0 Å². The van der Waals surface area contributed by atoms with Gasteiger partial charge in [-0.05, 0) is 12.5 Å². The average molecular weight is 305 g/mol. The van der Waals surface area contributed by atoms with Crippen LogP contribution in [0.5, 0.6) is 0 Å². The summed E-state index contributed by atoms with van der Waals surface area (Å²) in [7, 11) is 0. The highest BCUT2D eigenvalue weighted by Gasteiger charge is 2.26. The van der Waals surface area contributed by atoms with Gasteiger partial charge in [0.25, 0.3) is 0 Å². The number of carbonyl (C=O) groups is 2. The lowest BCUT2D eigenvalue weighted by Gasteiger charge is -2.30. The van der Waals surface area contributed by atoms with E-state index in [1.165, 1.54) is 0 Å². The molecule has 1 aromatic rings. The summed E-state index contributed by atoms with van der Waals surface area (Å²) in [5, 5.41) is 2.78. The van der Waals surface area contributed by atoms with Crippen molar-refractivity contribution >= 4 is 11.8 Å². The molecule has 3 N–H and O–H groups in total. The van der Waals surface area contributed by atoms with Crippen molar-refractivity contribution in [2.75, 3.05) is 32.8 Å². The van der Waals surface area contributed by atoms with Crippen molar-refractivity contribution in [1.29, 1.82) is 0 Å². The average Bonchev–Trinajstić information content (AvgIpc) is 2.56. The number of nitrogens with one attached hydrogen (secondary N) is 1. The maximum absolute atomic E-state index is 12.4. The van der Waals surface area contributed by atoms with Crippen LogP contribution in [0.1, 0.15) is 18.4 Å². The Morgan fingerprint density at radius 3 is 2.50 bits per heavy atom. The maximum Gasteiger partial charge on any atom is 0.245 e. The van der Waals surface area contributed by atoms with Gasteiger partial charge in [0.15, 0.2) is 0 Å². The number of nitrogens with zero attached hydrogens (tertiary/aromatic N) is 1. The van der Waals surface area contributed by atoms with Gasteiger partial charge in [-0.1, -0.05) is 30.3 Å². The van der Waals surface area contributed by atoms with Crippen molar-refractivity contribution in [1.82, 2.24) is 10.2 Å². The van der Waals surface area contributed by atoms with Crippen molar-refractivity contribution < 1.29 is 14.3 Å². The molecule has 2 rings (SSSR count). The molecular weight excluding hydrogens is 282 g/mol. The smallest absolute Gasteiger partial charge is 0.245 e. The first-order valence-corrected chi connectivity index (χ1v) is 7.55. The number of morpholine rings is 1. The molecule has 0 spiro atoms. The molecule has 0 saturated carbocycles. The molecule has 120 valence electrons. The van der Waals surface area contributed by atoms with Crippen molar-refractivity contribution in [3.05, 3.63) is 35.9 Å². The number of hydrogen-bond donors (Lipinski definition) is 2. The summed E-state index contributed by atoms with van der Waals surface area (Å²) in [6.07, 6.45) is 0. The minimum atomic E-state index is -0.566. The topological polar surface area (TPSA) is 84.7 Å². The Bertz CT molecular complexity index is 501. The van der Waals surface area contributed by atoms with Gasteiger partial charge in [0.05, 0.1) is 19.1 Å². The molecule has 0 bridgehead atoms. The third-order valence-corrected chi connectivity index (χ3v) is 3.81. The van der Waals surface area contributed by atoms with Crippen LogP contribution in [0.4, 0.5) is 0 Å². The predicted molar refractivity (Wildman–Crippen MR) is 83.2 cm³/mol. The van der Waals surface area contributed by atoms with Gasteiger partial charge in [-0.2, -0.15) is 0 Å². The maximum atomic E-state index is 12.4. The lowest BCUT2D eigenvalue weighted by atomic mass is 9.98. The van der Waals surface area contributed by atoms with E-state index in [-0.39, 0.29) is 18.4 Å². The van der Waals surface area contributed by atoms with E-state index in [0.29, 0.717) is 26.3 Å². The zero-order valence-corrected chi connectivity index (χ0v) is 12.8. The quantitative estimate of drug-likeness (QED) is 0.807. The highest BCUT2D eigenvalue weighted by molar-refractivity contribution is 5.90. The van der Waals surface area contributed by atoms with Crippen molar-refractivity contribution in [3.63, 3.8) is 0 Å². The van der Waals surface area contributed by atoms with E-state index in [2.05, 4.69) is 5.32 Å². The number of nitrogens with two attached hydrogens (primary N) is 1. The fourth-order valence-corrected chi connectivity index (χ4v) is 2.51. The Labute approximate surface area is 130 Å². The number of hydrogen-bond acceptors (Lipinski definition) is 4. The summed E-state index contributed by atoms with van der Waals surface area (Å²) < 4.78 is 5.23. The second kappa shape index (κ2) is 7.91.